The number of halogens is 4. The Morgan fingerprint density at radius 1 is 1.25 bits per heavy atom. The van der Waals surface area contributed by atoms with Gasteiger partial charge in [0.25, 0.3) is 5.91 Å². The average molecular weight is 433 g/mol. The number of hydrogen-bond donors (Lipinski definition) is 2. The van der Waals surface area contributed by atoms with Gasteiger partial charge in [0.2, 0.25) is 10.0 Å². The number of benzene rings is 1. The number of hydrogen-bond acceptors (Lipinski definition) is 4. The highest BCUT2D eigenvalue weighted by molar-refractivity contribution is 7.89. The zero-order valence-electron chi connectivity index (χ0n) is 14.1. The number of carbonyl (C=O) groups is 1. The summed E-state index contributed by atoms with van der Waals surface area (Å²) in [4.78, 5) is 16.5. The number of nitrogens with zero attached hydrogens (tertiary/aromatic N) is 2. The summed E-state index contributed by atoms with van der Waals surface area (Å²) in [6.07, 6.45) is -3.92. The fourth-order valence-corrected chi connectivity index (χ4v) is 3.33. The first-order valence-electron chi connectivity index (χ1n) is 7.57. The monoisotopic (exact) mass is 432 g/mol. The van der Waals surface area contributed by atoms with Gasteiger partial charge >= 0.3 is 6.18 Å². The second-order valence-electron chi connectivity index (χ2n) is 5.84. The molecule has 28 heavy (non-hydrogen) atoms. The van der Waals surface area contributed by atoms with Crippen molar-refractivity contribution in [1.29, 1.82) is 0 Å². The van der Waals surface area contributed by atoms with Crippen LogP contribution in [0.3, 0.4) is 0 Å². The molecule has 7 nitrogen and oxygen atoms in total. The van der Waals surface area contributed by atoms with Crippen LogP contribution in [0.4, 0.5) is 18.9 Å². The Kier molecular flexibility index (Phi) is 4.86. The van der Waals surface area contributed by atoms with Gasteiger partial charge in [0.05, 0.1) is 21.2 Å². The molecule has 0 aliphatic rings. The maximum absolute atomic E-state index is 13.1. The first-order valence-corrected chi connectivity index (χ1v) is 9.50. The minimum absolute atomic E-state index is 0.00175. The molecule has 2 aromatic heterocycles. The Hall–Kier alpha value is -2.63. The zero-order valence-corrected chi connectivity index (χ0v) is 15.7. The van der Waals surface area contributed by atoms with E-state index in [1.807, 2.05) is 0 Å². The molecular weight excluding hydrogens is 421 g/mol. The van der Waals surface area contributed by atoms with Crippen LogP contribution in [0.5, 0.6) is 0 Å². The van der Waals surface area contributed by atoms with Crippen LogP contribution in [0.1, 0.15) is 21.7 Å². The first kappa shape index (κ1) is 20.1. The molecule has 0 unspecified atom stereocenters. The molecule has 3 rings (SSSR count). The van der Waals surface area contributed by atoms with Crippen molar-refractivity contribution in [2.75, 3.05) is 5.32 Å². The highest BCUT2D eigenvalue weighted by atomic mass is 35.5. The molecule has 0 saturated heterocycles. The number of amides is 1. The molecule has 0 bridgehead atoms. The lowest BCUT2D eigenvalue weighted by molar-refractivity contribution is -0.137. The highest BCUT2D eigenvalue weighted by Crippen LogP contribution is 2.33. The van der Waals surface area contributed by atoms with Crippen molar-refractivity contribution in [2.24, 2.45) is 5.14 Å². The van der Waals surface area contributed by atoms with Crippen LogP contribution >= 0.6 is 11.6 Å². The lowest BCUT2D eigenvalue weighted by atomic mass is 10.2. The van der Waals surface area contributed by atoms with Crippen LogP contribution in [-0.2, 0) is 16.2 Å². The van der Waals surface area contributed by atoms with Gasteiger partial charge in [-0.3, -0.25) is 9.20 Å². The molecule has 0 fully saturated rings. The lowest BCUT2D eigenvalue weighted by Gasteiger charge is -2.10. The van der Waals surface area contributed by atoms with Crippen LogP contribution in [0.25, 0.3) is 5.65 Å². The molecule has 148 valence electrons. The van der Waals surface area contributed by atoms with Crippen LogP contribution in [0.15, 0.2) is 41.4 Å². The summed E-state index contributed by atoms with van der Waals surface area (Å²) in [5.74, 6) is -0.747. The van der Waals surface area contributed by atoms with E-state index < -0.39 is 27.7 Å². The standard InChI is InChI=1S/C16H12ClF3N4O3S/c1-8-13(15(25)23-10-2-4-11(5-3-10)28(21,26)27)24-7-9(16(18,19)20)6-12(17)14(24)22-8/h2-7H,1H3,(H,23,25)(H2,21,26,27). The molecule has 1 amide bonds. The second kappa shape index (κ2) is 6.76. The maximum Gasteiger partial charge on any atom is 0.417 e. The van der Waals surface area contributed by atoms with E-state index >= 15 is 0 Å². The van der Waals surface area contributed by atoms with Gasteiger partial charge in [0.1, 0.15) is 5.69 Å². The number of rotatable bonds is 3. The minimum atomic E-state index is -4.66. The molecule has 1 aromatic carbocycles. The first-order chi connectivity index (χ1) is 12.9. The van der Waals surface area contributed by atoms with Crippen LogP contribution in [-0.4, -0.2) is 23.7 Å². The zero-order chi connectivity index (χ0) is 20.9. The highest BCUT2D eigenvalue weighted by Gasteiger charge is 2.33. The molecule has 0 aliphatic heterocycles. The van der Waals surface area contributed by atoms with Crippen molar-refractivity contribution in [3.8, 4) is 0 Å². The number of aromatic nitrogens is 2. The smallest absolute Gasteiger partial charge is 0.321 e. The maximum atomic E-state index is 13.1. The third-order valence-corrected chi connectivity index (χ3v) is 5.04. The van der Waals surface area contributed by atoms with E-state index in [4.69, 9.17) is 16.7 Å². The fraction of sp³-hybridized carbons (Fsp3) is 0.125. The van der Waals surface area contributed by atoms with Gasteiger partial charge in [0.15, 0.2) is 5.65 Å². The largest absolute Gasteiger partial charge is 0.417 e. The van der Waals surface area contributed by atoms with E-state index in [1.165, 1.54) is 31.2 Å². The van der Waals surface area contributed by atoms with E-state index in [0.29, 0.717) is 0 Å². The summed E-state index contributed by atoms with van der Waals surface area (Å²) in [6, 6.07) is 5.70. The van der Waals surface area contributed by atoms with E-state index in [1.54, 1.807) is 0 Å². The molecule has 0 radical (unpaired) electrons. The van der Waals surface area contributed by atoms with Crippen molar-refractivity contribution in [3.05, 3.63) is 58.5 Å². The molecule has 0 spiro atoms. The number of nitrogens with two attached hydrogens (primary N) is 1. The average Bonchev–Trinajstić information content (AvgIpc) is 2.90. The summed E-state index contributed by atoms with van der Waals surface area (Å²) in [7, 11) is -3.90. The second-order valence-corrected chi connectivity index (χ2v) is 7.81. The molecule has 0 atom stereocenters. The summed E-state index contributed by atoms with van der Waals surface area (Å²) in [5, 5.41) is 7.22. The van der Waals surface area contributed by atoms with Gasteiger partial charge in [-0.1, -0.05) is 11.6 Å². The third kappa shape index (κ3) is 3.81. The molecule has 3 N–H and O–H groups in total. The number of nitrogens with one attached hydrogen (secondary N) is 1. The van der Waals surface area contributed by atoms with E-state index in [2.05, 4.69) is 10.3 Å². The van der Waals surface area contributed by atoms with Crippen molar-refractivity contribution >= 4 is 38.9 Å². The number of imidazole rings is 1. The molecule has 0 aliphatic carbocycles. The lowest BCUT2D eigenvalue weighted by Crippen LogP contribution is -2.17. The predicted octanol–water partition coefficient (Wildman–Crippen LogP) is 3.21. The van der Waals surface area contributed by atoms with E-state index in [9.17, 15) is 26.4 Å². The summed E-state index contributed by atoms with van der Waals surface area (Å²) < 4.78 is 62.7. The fourth-order valence-electron chi connectivity index (χ4n) is 2.56. The van der Waals surface area contributed by atoms with Crippen molar-refractivity contribution in [3.63, 3.8) is 0 Å². The van der Waals surface area contributed by atoms with Gasteiger partial charge in [-0.2, -0.15) is 13.2 Å². The van der Waals surface area contributed by atoms with E-state index in [-0.39, 0.29) is 32.6 Å². The van der Waals surface area contributed by atoms with Crippen molar-refractivity contribution < 1.29 is 26.4 Å². The van der Waals surface area contributed by atoms with Gasteiger partial charge in [-0.25, -0.2) is 18.5 Å². The summed E-state index contributed by atoms with van der Waals surface area (Å²) >= 11 is 5.89. The number of anilines is 1. The summed E-state index contributed by atoms with van der Waals surface area (Å²) in [5.41, 5.74) is -0.793. The molecule has 2 heterocycles. The number of aryl methyl sites for hydroxylation is 1. The number of pyridine rings is 1. The normalized spacial score (nSPS) is 12.4. The van der Waals surface area contributed by atoms with Gasteiger partial charge in [-0.15, -0.1) is 0 Å². The number of fused-ring (bicyclic) bond motifs is 1. The molecule has 12 heteroatoms. The SMILES string of the molecule is Cc1nc2c(Cl)cc(C(F)(F)F)cn2c1C(=O)Nc1ccc(S(N)(=O)=O)cc1. The van der Waals surface area contributed by atoms with Gasteiger partial charge < -0.3 is 5.32 Å². The Balaban J connectivity index is 2.02. The number of carbonyl (C=O) groups excluding carboxylic acids is 1. The number of sulfonamides is 1. The Bertz CT molecular complexity index is 1190. The summed E-state index contributed by atoms with van der Waals surface area (Å²) in [6.45, 7) is 1.45. The third-order valence-electron chi connectivity index (χ3n) is 3.83. The number of primary sulfonamides is 1. The van der Waals surface area contributed by atoms with Crippen molar-refractivity contribution in [1.82, 2.24) is 9.38 Å². The van der Waals surface area contributed by atoms with Crippen LogP contribution in [0, 0.1) is 6.92 Å². The van der Waals surface area contributed by atoms with Gasteiger partial charge in [-0.05, 0) is 37.3 Å². The number of alkyl halides is 3. The Labute approximate surface area is 162 Å². The Morgan fingerprint density at radius 3 is 2.39 bits per heavy atom. The Morgan fingerprint density at radius 2 is 1.86 bits per heavy atom. The molecular formula is C16H12ClF3N4O3S. The topological polar surface area (TPSA) is 107 Å². The van der Waals surface area contributed by atoms with Crippen molar-refractivity contribution in [2.45, 2.75) is 18.0 Å². The van der Waals surface area contributed by atoms with Crippen LogP contribution < -0.4 is 10.5 Å². The quantitative estimate of drug-likeness (QED) is 0.662. The predicted molar refractivity (Wildman–Crippen MR) is 95.7 cm³/mol. The van der Waals surface area contributed by atoms with Crippen LogP contribution in [0.2, 0.25) is 5.02 Å². The molecule has 0 saturated carbocycles. The molecule has 3 aromatic rings. The minimum Gasteiger partial charge on any atom is -0.321 e. The van der Waals surface area contributed by atoms with E-state index in [0.717, 1.165) is 16.7 Å². The van der Waals surface area contributed by atoms with Gasteiger partial charge in [0, 0.05) is 11.9 Å².